The van der Waals surface area contributed by atoms with Crippen LogP contribution >= 0.6 is 0 Å². The lowest BCUT2D eigenvalue weighted by Gasteiger charge is -2.36. The molecule has 0 saturated carbocycles. The molecular formula is C22H30N6O3. The van der Waals surface area contributed by atoms with Crippen LogP contribution in [0.15, 0.2) is 30.6 Å². The number of aromatic nitrogens is 2. The molecule has 2 saturated heterocycles. The van der Waals surface area contributed by atoms with Crippen LogP contribution in [0.1, 0.15) is 19.3 Å². The van der Waals surface area contributed by atoms with Gasteiger partial charge in [0.1, 0.15) is 29.5 Å². The molecule has 2 aromatic rings. The highest BCUT2D eigenvalue weighted by Gasteiger charge is 2.23. The van der Waals surface area contributed by atoms with Crippen LogP contribution in [-0.4, -0.2) is 74.4 Å². The molecule has 2 aliphatic heterocycles. The third-order valence-corrected chi connectivity index (χ3v) is 5.81. The van der Waals surface area contributed by atoms with E-state index >= 15 is 0 Å². The number of piperidine rings is 1. The van der Waals surface area contributed by atoms with Crippen LogP contribution in [0.3, 0.4) is 0 Å². The molecule has 0 spiro atoms. The van der Waals surface area contributed by atoms with Gasteiger partial charge in [-0.1, -0.05) is 0 Å². The van der Waals surface area contributed by atoms with Gasteiger partial charge in [-0.05, 0) is 19.3 Å². The van der Waals surface area contributed by atoms with Crippen molar-refractivity contribution in [1.82, 2.24) is 14.9 Å². The molecule has 1 aromatic heterocycles. The van der Waals surface area contributed by atoms with E-state index < -0.39 is 0 Å². The summed E-state index contributed by atoms with van der Waals surface area (Å²) < 4.78 is 10.5. The topological polar surface area (TPSA) is 83.1 Å². The van der Waals surface area contributed by atoms with Gasteiger partial charge in [0.15, 0.2) is 0 Å². The minimum absolute atomic E-state index is 0.133. The SMILES string of the molecule is COc1cc(NC(=O)N2CCN(c3cc(N4CCCCC4)ncn3)CC2)cc(OC)c1. The van der Waals surface area contributed by atoms with E-state index in [-0.39, 0.29) is 6.03 Å². The van der Waals surface area contributed by atoms with E-state index in [0.717, 1.165) is 37.8 Å². The van der Waals surface area contributed by atoms with E-state index in [9.17, 15) is 4.79 Å². The molecule has 1 N–H and O–H groups in total. The van der Waals surface area contributed by atoms with E-state index in [0.29, 0.717) is 30.3 Å². The standard InChI is InChI=1S/C22H30N6O3/c1-30-18-12-17(13-19(14-18)31-2)25-22(29)28-10-8-27(9-11-28)21-15-20(23-16-24-21)26-6-4-3-5-7-26/h12-16H,3-11H2,1-2H3,(H,25,29). The van der Waals surface area contributed by atoms with Gasteiger partial charge in [0.25, 0.3) is 0 Å². The first kappa shape index (κ1) is 21.0. The second kappa shape index (κ2) is 9.72. The second-order valence-electron chi connectivity index (χ2n) is 7.79. The lowest BCUT2D eigenvalue weighted by molar-refractivity contribution is 0.208. The third-order valence-electron chi connectivity index (χ3n) is 5.81. The number of hydrogen-bond acceptors (Lipinski definition) is 7. The number of carbonyl (C=O) groups is 1. The summed E-state index contributed by atoms with van der Waals surface area (Å²) in [5.74, 6) is 3.19. The van der Waals surface area contributed by atoms with E-state index in [1.165, 1.54) is 19.3 Å². The predicted molar refractivity (Wildman–Crippen MR) is 120 cm³/mol. The quantitative estimate of drug-likeness (QED) is 0.787. The first-order valence-electron chi connectivity index (χ1n) is 10.8. The number of ether oxygens (including phenoxy) is 2. The van der Waals surface area contributed by atoms with Gasteiger partial charge in [0.05, 0.1) is 14.2 Å². The molecule has 2 aliphatic rings. The van der Waals surface area contributed by atoms with Crippen molar-refractivity contribution in [3.05, 3.63) is 30.6 Å². The Bertz CT molecular complexity index is 872. The van der Waals surface area contributed by atoms with E-state index in [1.807, 2.05) is 4.90 Å². The molecule has 3 heterocycles. The van der Waals surface area contributed by atoms with Gasteiger partial charge in [-0.15, -0.1) is 0 Å². The summed E-state index contributed by atoms with van der Waals surface area (Å²) in [6.07, 6.45) is 5.37. The van der Waals surface area contributed by atoms with Crippen molar-refractivity contribution in [2.45, 2.75) is 19.3 Å². The summed E-state index contributed by atoms with van der Waals surface area (Å²) in [6.45, 7) is 4.81. The Balaban J connectivity index is 1.35. The van der Waals surface area contributed by atoms with Crippen molar-refractivity contribution >= 4 is 23.4 Å². The Labute approximate surface area is 183 Å². The fourth-order valence-electron chi connectivity index (χ4n) is 4.03. The highest BCUT2D eigenvalue weighted by atomic mass is 16.5. The maximum Gasteiger partial charge on any atom is 0.321 e. The van der Waals surface area contributed by atoms with Crippen LogP contribution in [0.5, 0.6) is 11.5 Å². The average Bonchev–Trinajstić information content (AvgIpc) is 2.84. The van der Waals surface area contributed by atoms with Gasteiger partial charge in [0.2, 0.25) is 0 Å². The highest BCUT2D eigenvalue weighted by molar-refractivity contribution is 5.90. The van der Waals surface area contributed by atoms with Crippen molar-refractivity contribution in [3.8, 4) is 11.5 Å². The molecule has 0 unspecified atom stereocenters. The Morgan fingerprint density at radius 2 is 1.39 bits per heavy atom. The number of rotatable bonds is 5. The van der Waals surface area contributed by atoms with Gasteiger partial charge >= 0.3 is 6.03 Å². The fourth-order valence-corrected chi connectivity index (χ4v) is 4.03. The molecule has 0 bridgehead atoms. The van der Waals surface area contributed by atoms with Gasteiger partial charge in [-0.3, -0.25) is 0 Å². The molecule has 2 fully saturated rings. The number of methoxy groups -OCH3 is 2. The molecule has 166 valence electrons. The number of amides is 2. The predicted octanol–water partition coefficient (Wildman–Crippen LogP) is 2.84. The molecule has 9 nitrogen and oxygen atoms in total. The summed E-state index contributed by atoms with van der Waals surface area (Å²) in [5, 5.41) is 2.94. The molecule has 9 heteroatoms. The molecule has 0 radical (unpaired) electrons. The molecule has 31 heavy (non-hydrogen) atoms. The fraction of sp³-hybridized carbons (Fsp3) is 0.500. The van der Waals surface area contributed by atoms with Crippen LogP contribution in [0, 0.1) is 0 Å². The summed E-state index contributed by atoms with van der Waals surface area (Å²) in [7, 11) is 3.17. The number of anilines is 3. The summed E-state index contributed by atoms with van der Waals surface area (Å²) in [4.78, 5) is 28.1. The lowest BCUT2D eigenvalue weighted by atomic mass is 10.1. The first-order chi connectivity index (χ1) is 15.2. The summed E-state index contributed by atoms with van der Waals surface area (Å²) in [5.41, 5.74) is 0.644. The van der Waals surface area contributed by atoms with Crippen molar-refractivity contribution < 1.29 is 14.3 Å². The average molecular weight is 427 g/mol. The number of nitrogens with one attached hydrogen (secondary N) is 1. The highest BCUT2D eigenvalue weighted by Crippen LogP contribution is 2.26. The summed E-state index contributed by atoms with van der Waals surface area (Å²) in [6, 6.07) is 7.27. The summed E-state index contributed by atoms with van der Waals surface area (Å²) >= 11 is 0. The first-order valence-corrected chi connectivity index (χ1v) is 10.8. The molecular weight excluding hydrogens is 396 g/mol. The number of hydrogen-bond donors (Lipinski definition) is 1. The molecule has 0 atom stereocenters. The maximum atomic E-state index is 12.8. The number of carbonyl (C=O) groups excluding carboxylic acids is 1. The Morgan fingerprint density at radius 1 is 0.806 bits per heavy atom. The van der Waals surface area contributed by atoms with Crippen molar-refractivity contribution in [1.29, 1.82) is 0 Å². The lowest BCUT2D eigenvalue weighted by Crippen LogP contribution is -2.50. The van der Waals surface area contributed by atoms with Gasteiger partial charge in [-0.25, -0.2) is 14.8 Å². The second-order valence-corrected chi connectivity index (χ2v) is 7.79. The van der Waals surface area contributed by atoms with Crippen LogP contribution in [0.25, 0.3) is 0 Å². The van der Waals surface area contributed by atoms with E-state index in [4.69, 9.17) is 9.47 Å². The monoisotopic (exact) mass is 426 g/mol. The van der Waals surface area contributed by atoms with Crippen LogP contribution in [-0.2, 0) is 0 Å². The van der Waals surface area contributed by atoms with Gasteiger partial charge in [0, 0.05) is 69.2 Å². The van der Waals surface area contributed by atoms with Gasteiger partial charge in [-0.2, -0.15) is 0 Å². The minimum Gasteiger partial charge on any atom is -0.497 e. The maximum absolute atomic E-state index is 12.8. The number of nitrogens with zero attached hydrogens (tertiary/aromatic N) is 5. The van der Waals surface area contributed by atoms with Crippen molar-refractivity contribution in [2.75, 3.05) is 68.6 Å². The normalized spacial score (nSPS) is 16.8. The number of urea groups is 1. The molecule has 2 amide bonds. The number of piperazine rings is 1. The largest absolute Gasteiger partial charge is 0.497 e. The van der Waals surface area contributed by atoms with Crippen LogP contribution in [0.4, 0.5) is 22.1 Å². The minimum atomic E-state index is -0.133. The number of benzene rings is 1. The van der Waals surface area contributed by atoms with E-state index in [2.05, 4.69) is 31.2 Å². The van der Waals surface area contributed by atoms with E-state index in [1.54, 1.807) is 38.7 Å². The Morgan fingerprint density at radius 3 is 1.97 bits per heavy atom. The Kier molecular flexibility index (Phi) is 6.59. The van der Waals surface area contributed by atoms with Crippen molar-refractivity contribution in [3.63, 3.8) is 0 Å². The zero-order chi connectivity index (χ0) is 21.6. The van der Waals surface area contributed by atoms with Crippen LogP contribution in [0.2, 0.25) is 0 Å². The third kappa shape index (κ3) is 5.10. The smallest absolute Gasteiger partial charge is 0.321 e. The van der Waals surface area contributed by atoms with Gasteiger partial charge < -0.3 is 29.5 Å². The molecule has 0 aliphatic carbocycles. The van der Waals surface area contributed by atoms with Crippen molar-refractivity contribution in [2.24, 2.45) is 0 Å². The molecule has 1 aromatic carbocycles. The zero-order valence-corrected chi connectivity index (χ0v) is 18.2. The molecule has 4 rings (SSSR count). The zero-order valence-electron chi connectivity index (χ0n) is 18.2. The van der Waals surface area contributed by atoms with Crippen LogP contribution < -0.4 is 24.6 Å². The Hall–Kier alpha value is -3.23.